The molecule has 3 aliphatic rings. The summed E-state index contributed by atoms with van der Waals surface area (Å²) in [5.41, 5.74) is 3.20. The highest BCUT2D eigenvalue weighted by Crippen LogP contribution is 2.55. The van der Waals surface area contributed by atoms with Gasteiger partial charge in [0, 0.05) is 29.3 Å². The number of nitrogens with zero attached hydrogens (tertiary/aromatic N) is 1. The van der Waals surface area contributed by atoms with Crippen molar-refractivity contribution in [3.8, 4) is 6.07 Å². The molecule has 0 bridgehead atoms. The molecule has 60 heavy (non-hydrogen) atoms. The summed E-state index contributed by atoms with van der Waals surface area (Å²) >= 11 is 0. The van der Waals surface area contributed by atoms with Gasteiger partial charge in [-0.25, -0.2) is 0 Å². The van der Waals surface area contributed by atoms with Gasteiger partial charge in [-0.1, -0.05) is 145 Å². The maximum Gasteiger partial charge on any atom is 0.349 e. The highest BCUT2D eigenvalue weighted by Gasteiger charge is 2.63. The van der Waals surface area contributed by atoms with Gasteiger partial charge in [-0.05, 0) is 33.5 Å². The molecule has 3 aliphatic heterocycles. The van der Waals surface area contributed by atoms with Gasteiger partial charge in [0.25, 0.3) is 0 Å². The molecule has 0 aromatic heterocycles. The average molecular weight is 834 g/mol. The minimum Gasteiger partial charge on any atom is -0.391 e. The average Bonchev–Trinajstić information content (AvgIpc) is 3.24. The molecule has 4 aromatic carbocycles. The van der Waals surface area contributed by atoms with Crippen molar-refractivity contribution in [2.24, 2.45) is 0 Å². The van der Waals surface area contributed by atoms with Gasteiger partial charge in [0.15, 0.2) is 0 Å². The highest BCUT2D eigenvalue weighted by atomic mass is 28.4. The number of hydrogen-bond donors (Lipinski definition) is 0. The van der Waals surface area contributed by atoms with Crippen molar-refractivity contribution in [3.05, 3.63) is 132 Å². The minimum absolute atomic E-state index is 0.179. The number of fused-ring (bicyclic) bond motifs is 2. The lowest BCUT2D eigenvalue weighted by atomic mass is 9.94. The van der Waals surface area contributed by atoms with E-state index in [2.05, 4.69) is 96.7 Å². The van der Waals surface area contributed by atoms with Crippen LogP contribution in [0.15, 0.2) is 116 Å². The Morgan fingerprint density at radius 3 is 1.98 bits per heavy atom. The fourth-order valence-electron chi connectivity index (χ4n) is 9.24. The molecule has 0 radical (unpaired) electrons. The second-order valence-electron chi connectivity index (χ2n) is 18.5. The summed E-state index contributed by atoms with van der Waals surface area (Å²) in [5, 5.41) is 12.7. The molecule has 320 valence electrons. The number of ether oxygens (including phenoxy) is 6. The van der Waals surface area contributed by atoms with Crippen molar-refractivity contribution >= 4 is 19.3 Å². The van der Waals surface area contributed by atoms with E-state index in [1.54, 1.807) is 6.08 Å². The van der Waals surface area contributed by atoms with Gasteiger partial charge < -0.3 is 37.3 Å². The predicted octanol–water partition coefficient (Wildman–Crippen LogP) is 10.2. The largest absolute Gasteiger partial charge is 0.391 e. The van der Waals surface area contributed by atoms with E-state index in [1.165, 1.54) is 5.39 Å². The highest BCUT2D eigenvalue weighted by molar-refractivity contribution is 6.73. The topological polar surface area (TPSA) is 97.6 Å². The minimum atomic E-state index is -2.76. The lowest BCUT2D eigenvalue weighted by molar-refractivity contribution is -0.229. The van der Waals surface area contributed by atoms with Crippen LogP contribution in [0, 0.1) is 11.3 Å². The van der Waals surface area contributed by atoms with Crippen LogP contribution < -0.4 is 0 Å². The van der Waals surface area contributed by atoms with E-state index in [1.807, 2.05) is 60.7 Å². The number of hydrogen-bond acceptors (Lipinski definition) is 9. The maximum atomic E-state index is 10.7. The standard InChI is InChI=1S/C50H63NO8Si/c1-8-41-45(28-46-48(57-41)34-55-60(59-46,49(2,3)4)50(5,6)7)56-40(29-51)26-44-42(54-32-37-23-24-38-21-15-16-22-39(38)25-37)27-43(53-31-36-19-13-10-14-20-36)47(58-44)33-52-30-35-17-11-9-12-18-35/h8-25,40-48H,1,26-28,30-34H2,2-7H3/t40?,41-,42-,43+,44+,45+,46-,47-,48+/m0/s1. The van der Waals surface area contributed by atoms with Gasteiger partial charge in [-0.2, -0.15) is 5.26 Å². The molecular weight excluding hydrogens is 771 g/mol. The second kappa shape index (κ2) is 19.5. The molecular formula is C50H63NO8Si. The van der Waals surface area contributed by atoms with Crippen LogP contribution in [0.2, 0.25) is 10.1 Å². The summed E-state index contributed by atoms with van der Waals surface area (Å²) in [6.07, 6.45) is -0.665. The maximum absolute atomic E-state index is 10.7. The quantitative estimate of drug-likeness (QED) is 0.0857. The Bertz CT molecular complexity index is 2010. The van der Waals surface area contributed by atoms with Gasteiger partial charge in [0.2, 0.25) is 0 Å². The van der Waals surface area contributed by atoms with E-state index in [0.29, 0.717) is 45.9 Å². The predicted molar refractivity (Wildman–Crippen MR) is 235 cm³/mol. The first-order valence-electron chi connectivity index (χ1n) is 21.5. The van der Waals surface area contributed by atoms with E-state index in [-0.39, 0.29) is 34.8 Å². The molecule has 3 fully saturated rings. The number of nitriles is 1. The summed E-state index contributed by atoms with van der Waals surface area (Å²) in [6, 6.07) is 37.4. The Hall–Kier alpha value is -3.73. The van der Waals surface area contributed by atoms with Crippen LogP contribution >= 0.6 is 0 Å². The Morgan fingerprint density at radius 2 is 1.33 bits per heavy atom. The van der Waals surface area contributed by atoms with Crippen molar-refractivity contribution in [3.63, 3.8) is 0 Å². The zero-order valence-electron chi connectivity index (χ0n) is 36.2. The van der Waals surface area contributed by atoms with E-state index in [9.17, 15) is 5.26 Å². The third kappa shape index (κ3) is 10.5. The van der Waals surface area contributed by atoms with Gasteiger partial charge in [-0.15, -0.1) is 6.58 Å². The first kappa shape index (κ1) is 44.3. The Balaban J connectivity index is 1.11. The molecule has 9 nitrogen and oxygen atoms in total. The van der Waals surface area contributed by atoms with Gasteiger partial charge in [0.05, 0.1) is 69.6 Å². The molecule has 7 rings (SSSR count). The van der Waals surface area contributed by atoms with E-state index >= 15 is 0 Å². The SMILES string of the molecule is C=C[C@@H]1O[C@@H]2CO[Si](C(C)(C)C)(C(C)(C)C)O[C@H]2C[C@H]1OC(C#N)C[C@H]1O[C@@H](COCc2ccccc2)[C@H](OCc2ccccc2)C[C@@H]1OCc1ccc2ccccc2c1. The van der Waals surface area contributed by atoms with Gasteiger partial charge in [-0.3, -0.25) is 0 Å². The lowest BCUT2D eigenvalue weighted by Gasteiger charge is -2.56. The molecule has 1 unspecified atom stereocenters. The molecule has 0 saturated carbocycles. The molecule has 0 aliphatic carbocycles. The van der Waals surface area contributed by atoms with Gasteiger partial charge in [0.1, 0.15) is 24.4 Å². The van der Waals surface area contributed by atoms with Crippen LogP contribution in [0.3, 0.4) is 0 Å². The van der Waals surface area contributed by atoms with Crippen molar-refractivity contribution in [1.29, 1.82) is 5.26 Å². The van der Waals surface area contributed by atoms with E-state index < -0.39 is 45.2 Å². The Morgan fingerprint density at radius 1 is 0.717 bits per heavy atom. The van der Waals surface area contributed by atoms with Crippen molar-refractivity contribution in [2.75, 3.05) is 13.2 Å². The molecule has 0 amide bonds. The third-order valence-electron chi connectivity index (χ3n) is 12.1. The summed E-state index contributed by atoms with van der Waals surface area (Å²) in [7, 11) is -2.76. The molecule has 0 spiro atoms. The van der Waals surface area contributed by atoms with Crippen LogP contribution in [0.25, 0.3) is 10.8 Å². The summed E-state index contributed by atoms with van der Waals surface area (Å²) in [6.45, 7) is 19.3. The normalized spacial score (nSPS) is 27.4. The fraction of sp³-hybridized carbons (Fsp3) is 0.500. The third-order valence-corrected chi connectivity index (χ3v) is 17.3. The van der Waals surface area contributed by atoms with E-state index in [0.717, 1.165) is 22.1 Å². The van der Waals surface area contributed by atoms with Crippen LogP contribution in [0.4, 0.5) is 0 Å². The molecule has 3 heterocycles. The Kier molecular flexibility index (Phi) is 14.4. The molecule has 9 atom stereocenters. The van der Waals surface area contributed by atoms with Crippen molar-refractivity contribution in [2.45, 2.75) is 146 Å². The van der Waals surface area contributed by atoms with Crippen LogP contribution in [-0.2, 0) is 57.1 Å². The first-order valence-corrected chi connectivity index (χ1v) is 23.3. The Labute approximate surface area is 358 Å². The summed E-state index contributed by atoms with van der Waals surface area (Å²) < 4.78 is 53.8. The zero-order valence-corrected chi connectivity index (χ0v) is 37.2. The molecule has 4 aromatic rings. The van der Waals surface area contributed by atoms with Crippen molar-refractivity contribution < 1.29 is 37.3 Å². The summed E-state index contributed by atoms with van der Waals surface area (Å²) in [5.74, 6) is 0. The fourth-order valence-corrected chi connectivity index (χ4v) is 14.2. The van der Waals surface area contributed by atoms with Gasteiger partial charge >= 0.3 is 8.56 Å². The first-order chi connectivity index (χ1) is 28.9. The molecule has 0 N–H and O–H groups in total. The van der Waals surface area contributed by atoms with E-state index in [4.69, 9.17) is 37.3 Å². The van der Waals surface area contributed by atoms with Crippen molar-refractivity contribution in [1.82, 2.24) is 0 Å². The zero-order chi connectivity index (χ0) is 42.3. The molecule has 3 saturated heterocycles. The van der Waals surface area contributed by atoms with Crippen LogP contribution in [-0.4, -0.2) is 76.7 Å². The van der Waals surface area contributed by atoms with Crippen LogP contribution in [0.5, 0.6) is 0 Å². The smallest absolute Gasteiger partial charge is 0.349 e. The number of rotatable bonds is 15. The molecule has 10 heteroatoms. The lowest BCUT2D eigenvalue weighted by Crippen LogP contribution is -2.67. The van der Waals surface area contributed by atoms with Crippen LogP contribution in [0.1, 0.15) is 77.5 Å². The monoisotopic (exact) mass is 833 g/mol. The number of benzene rings is 4. The second-order valence-corrected chi connectivity index (χ2v) is 23.3. The summed E-state index contributed by atoms with van der Waals surface area (Å²) in [4.78, 5) is 0.